The third kappa shape index (κ3) is 5.85. The molecule has 0 bridgehead atoms. The Hall–Kier alpha value is -0.570. The van der Waals surface area contributed by atoms with E-state index in [-0.39, 0.29) is 11.3 Å². The monoisotopic (exact) mass is 257 g/mol. The van der Waals surface area contributed by atoms with Crippen molar-refractivity contribution in [3.05, 3.63) is 0 Å². The van der Waals surface area contributed by atoms with Crippen LogP contribution in [0.15, 0.2) is 0 Å². The van der Waals surface area contributed by atoms with Crippen LogP contribution >= 0.6 is 0 Å². The Morgan fingerprint density at radius 3 is 2.11 bits per heavy atom. The van der Waals surface area contributed by atoms with Crippen molar-refractivity contribution < 1.29 is 9.53 Å². The van der Waals surface area contributed by atoms with Crippen molar-refractivity contribution in [2.75, 3.05) is 19.8 Å². The van der Waals surface area contributed by atoms with E-state index in [1.165, 1.54) is 12.8 Å². The summed E-state index contributed by atoms with van der Waals surface area (Å²) in [5, 5.41) is 3.06. The zero-order chi connectivity index (χ0) is 14.0. The first-order chi connectivity index (χ1) is 8.71. The fraction of sp³-hybridized carbons (Fsp3) is 0.933. The lowest BCUT2D eigenvalue weighted by atomic mass is 9.81. The Bertz CT molecular complexity index is 219. The Balaban J connectivity index is 0.000000659. The standard InChI is InChI=1S/C11H19NO2.2C2H6/c1-11(4-6-14-7-5-11)10(13)12-8-9-2-3-9;2*1-2/h9H,2-8H2,1H3,(H,12,13);2*1-2H3. The highest BCUT2D eigenvalue weighted by atomic mass is 16.5. The number of carbonyl (C=O) groups is 1. The highest BCUT2D eigenvalue weighted by Gasteiger charge is 2.35. The molecule has 1 aliphatic heterocycles. The van der Waals surface area contributed by atoms with E-state index < -0.39 is 0 Å². The molecular weight excluding hydrogens is 226 g/mol. The van der Waals surface area contributed by atoms with Crippen molar-refractivity contribution in [2.45, 2.75) is 60.3 Å². The summed E-state index contributed by atoms with van der Waals surface area (Å²) in [7, 11) is 0. The molecule has 0 aromatic carbocycles. The lowest BCUT2D eigenvalue weighted by Gasteiger charge is -2.31. The van der Waals surface area contributed by atoms with Gasteiger partial charge in [0, 0.05) is 19.8 Å². The van der Waals surface area contributed by atoms with Crippen molar-refractivity contribution in [3.8, 4) is 0 Å². The van der Waals surface area contributed by atoms with Gasteiger partial charge in [0.2, 0.25) is 5.91 Å². The summed E-state index contributed by atoms with van der Waals surface area (Å²) in [6.07, 6.45) is 4.31. The zero-order valence-electron chi connectivity index (χ0n) is 12.8. The molecule has 0 spiro atoms. The van der Waals surface area contributed by atoms with Gasteiger partial charge in [-0.15, -0.1) is 0 Å². The van der Waals surface area contributed by atoms with Gasteiger partial charge in [0.15, 0.2) is 0 Å². The minimum atomic E-state index is -0.173. The van der Waals surface area contributed by atoms with Crippen LogP contribution in [-0.2, 0) is 9.53 Å². The fourth-order valence-corrected chi connectivity index (χ4v) is 1.82. The van der Waals surface area contributed by atoms with E-state index in [4.69, 9.17) is 4.74 Å². The van der Waals surface area contributed by atoms with Gasteiger partial charge in [0.1, 0.15) is 0 Å². The number of nitrogens with one attached hydrogen (secondary N) is 1. The maximum atomic E-state index is 11.9. The van der Waals surface area contributed by atoms with Gasteiger partial charge in [0.25, 0.3) is 0 Å². The molecule has 108 valence electrons. The van der Waals surface area contributed by atoms with Crippen molar-refractivity contribution >= 4 is 5.91 Å². The van der Waals surface area contributed by atoms with E-state index in [2.05, 4.69) is 12.2 Å². The normalized spacial score (nSPS) is 20.7. The van der Waals surface area contributed by atoms with Crippen LogP contribution < -0.4 is 5.32 Å². The first-order valence-corrected chi connectivity index (χ1v) is 7.57. The number of hydrogen-bond donors (Lipinski definition) is 1. The quantitative estimate of drug-likeness (QED) is 0.841. The SMILES string of the molecule is CC.CC.CC1(C(=O)NCC2CC2)CCOCC1. The van der Waals surface area contributed by atoms with Crippen LogP contribution in [0.4, 0.5) is 0 Å². The zero-order valence-corrected chi connectivity index (χ0v) is 12.8. The molecule has 1 heterocycles. The van der Waals surface area contributed by atoms with Gasteiger partial charge in [-0.2, -0.15) is 0 Å². The van der Waals surface area contributed by atoms with Gasteiger partial charge in [-0.1, -0.05) is 34.6 Å². The first-order valence-electron chi connectivity index (χ1n) is 7.57. The summed E-state index contributed by atoms with van der Waals surface area (Å²) in [6, 6.07) is 0. The van der Waals surface area contributed by atoms with E-state index >= 15 is 0 Å². The molecule has 18 heavy (non-hydrogen) atoms. The summed E-state index contributed by atoms with van der Waals surface area (Å²) in [4.78, 5) is 11.9. The smallest absolute Gasteiger partial charge is 0.226 e. The van der Waals surface area contributed by atoms with Crippen LogP contribution in [0.1, 0.15) is 60.3 Å². The fourth-order valence-electron chi connectivity index (χ4n) is 1.82. The number of hydrogen-bond acceptors (Lipinski definition) is 2. The van der Waals surface area contributed by atoms with E-state index in [0.717, 1.165) is 38.5 Å². The van der Waals surface area contributed by atoms with Crippen LogP contribution in [0.25, 0.3) is 0 Å². The molecule has 3 heteroatoms. The lowest BCUT2D eigenvalue weighted by molar-refractivity contribution is -0.135. The van der Waals surface area contributed by atoms with E-state index in [1.807, 2.05) is 27.7 Å². The summed E-state index contributed by atoms with van der Waals surface area (Å²) >= 11 is 0. The summed E-state index contributed by atoms with van der Waals surface area (Å²) in [5.41, 5.74) is -0.173. The Labute approximate surface area is 113 Å². The predicted molar refractivity (Wildman–Crippen MR) is 76.6 cm³/mol. The number of amides is 1. The highest BCUT2D eigenvalue weighted by molar-refractivity contribution is 5.82. The Morgan fingerprint density at radius 1 is 1.17 bits per heavy atom. The summed E-state index contributed by atoms with van der Waals surface area (Å²) < 4.78 is 5.27. The van der Waals surface area contributed by atoms with Gasteiger partial charge < -0.3 is 10.1 Å². The Kier molecular flexibility index (Phi) is 9.08. The van der Waals surface area contributed by atoms with Crippen molar-refractivity contribution in [1.29, 1.82) is 0 Å². The molecule has 1 saturated heterocycles. The van der Waals surface area contributed by atoms with Crippen molar-refractivity contribution in [3.63, 3.8) is 0 Å². The summed E-state index contributed by atoms with van der Waals surface area (Å²) in [5.74, 6) is 0.995. The predicted octanol–water partition coefficient (Wildman–Crippen LogP) is 3.38. The third-order valence-corrected chi connectivity index (χ3v) is 3.39. The minimum absolute atomic E-state index is 0.173. The molecule has 1 saturated carbocycles. The molecular formula is C15H31NO2. The average Bonchev–Trinajstić information content (AvgIpc) is 3.25. The van der Waals surface area contributed by atoms with Crippen LogP contribution in [0.2, 0.25) is 0 Å². The average molecular weight is 257 g/mol. The van der Waals surface area contributed by atoms with E-state index in [0.29, 0.717) is 0 Å². The van der Waals surface area contributed by atoms with Crippen LogP contribution in [0, 0.1) is 11.3 Å². The molecule has 0 atom stereocenters. The van der Waals surface area contributed by atoms with Crippen LogP contribution in [0.5, 0.6) is 0 Å². The van der Waals surface area contributed by atoms with Gasteiger partial charge in [-0.25, -0.2) is 0 Å². The molecule has 3 nitrogen and oxygen atoms in total. The molecule has 0 radical (unpaired) electrons. The highest BCUT2D eigenvalue weighted by Crippen LogP contribution is 2.31. The lowest BCUT2D eigenvalue weighted by Crippen LogP contribution is -2.43. The second kappa shape index (κ2) is 9.37. The van der Waals surface area contributed by atoms with Gasteiger partial charge >= 0.3 is 0 Å². The third-order valence-electron chi connectivity index (χ3n) is 3.39. The minimum Gasteiger partial charge on any atom is -0.381 e. The van der Waals surface area contributed by atoms with Crippen molar-refractivity contribution in [1.82, 2.24) is 5.32 Å². The van der Waals surface area contributed by atoms with Gasteiger partial charge in [-0.05, 0) is 31.6 Å². The number of rotatable bonds is 3. The molecule has 2 aliphatic rings. The maximum absolute atomic E-state index is 11.9. The maximum Gasteiger partial charge on any atom is 0.226 e. The molecule has 2 fully saturated rings. The second-order valence-electron chi connectivity index (χ2n) is 4.83. The molecule has 1 aliphatic carbocycles. The summed E-state index contributed by atoms with van der Waals surface area (Å²) in [6.45, 7) is 12.4. The topological polar surface area (TPSA) is 38.3 Å². The largest absolute Gasteiger partial charge is 0.381 e. The van der Waals surface area contributed by atoms with Gasteiger partial charge in [0.05, 0.1) is 5.41 Å². The van der Waals surface area contributed by atoms with Crippen LogP contribution in [0.3, 0.4) is 0 Å². The Morgan fingerprint density at radius 2 is 1.67 bits per heavy atom. The molecule has 2 rings (SSSR count). The van der Waals surface area contributed by atoms with E-state index in [1.54, 1.807) is 0 Å². The molecule has 0 aromatic rings. The van der Waals surface area contributed by atoms with Gasteiger partial charge in [-0.3, -0.25) is 4.79 Å². The molecule has 1 amide bonds. The number of ether oxygens (including phenoxy) is 1. The molecule has 0 unspecified atom stereocenters. The number of carbonyl (C=O) groups excluding carboxylic acids is 1. The molecule has 1 N–H and O–H groups in total. The first kappa shape index (κ1) is 17.4. The van der Waals surface area contributed by atoms with Crippen LogP contribution in [-0.4, -0.2) is 25.7 Å². The second-order valence-corrected chi connectivity index (χ2v) is 4.83. The van der Waals surface area contributed by atoms with E-state index in [9.17, 15) is 4.79 Å². The van der Waals surface area contributed by atoms with Crippen molar-refractivity contribution in [2.24, 2.45) is 11.3 Å². The molecule has 0 aromatic heterocycles.